The molecular formula is C36H33ClF2N2O4S. The predicted octanol–water partition coefficient (Wildman–Crippen LogP) is 7.57. The van der Waals surface area contributed by atoms with Crippen LogP contribution >= 0.6 is 11.6 Å². The summed E-state index contributed by atoms with van der Waals surface area (Å²) in [6.45, 7) is 0.739. The van der Waals surface area contributed by atoms with Crippen molar-refractivity contribution >= 4 is 27.3 Å². The largest absolute Gasteiger partial charge is 0.493 e. The van der Waals surface area contributed by atoms with E-state index in [4.69, 9.17) is 16.3 Å². The van der Waals surface area contributed by atoms with Crippen LogP contribution in [0.2, 0.25) is 5.02 Å². The van der Waals surface area contributed by atoms with E-state index in [1.807, 2.05) is 54.6 Å². The SMILES string of the molecule is CN(CCCOc1ccccc1CNC1C=C(F)C=CC1(F)S(=O)(=O)c1ccc(Cl)cc1)C(=O)c1ccc(-c2ccccc2)cc1. The number of nitrogens with one attached hydrogen (secondary N) is 1. The Morgan fingerprint density at radius 2 is 1.59 bits per heavy atom. The van der Waals surface area contributed by atoms with Gasteiger partial charge in [-0.3, -0.25) is 4.79 Å². The van der Waals surface area contributed by atoms with Crippen LogP contribution in [0.1, 0.15) is 22.3 Å². The number of benzene rings is 4. The molecule has 1 aliphatic carbocycles. The van der Waals surface area contributed by atoms with Gasteiger partial charge in [0, 0.05) is 36.3 Å². The maximum Gasteiger partial charge on any atom is 0.253 e. The molecule has 5 rings (SSSR count). The van der Waals surface area contributed by atoms with E-state index in [2.05, 4.69) is 5.32 Å². The molecule has 0 heterocycles. The zero-order valence-corrected chi connectivity index (χ0v) is 26.6. The molecule has 0 aliphatic heterocycles. The lowest BCUT2D eigenvalue weighted by atomic mass is 10.0. The number of ether oxygens (including phenoxy) is 1. The van der Waals surface area contributed by atoms with Crippen molar-refractivity contribution < 1.29 is 26.7 Å². The zero-order chi connectivity index (χ0) is 32.7. The minimum Gasteiger partial charge on any atom is -0.493 e. The monoisotopic (exact) mass is 662 g/mol. The maximum absolute atomic E-state index is 16.3. The predicted molar refractivity (Wildman–Crippen MR) is 177 cm³/mol. The molecule has 0 bridgehead atoms. The van der Waals surface area contributed by atoms with Gasteiger partial charge in [0.05, 0.1) is 17.5 Å². The Bertz CT molecular complexity index is 1830. The van der Waals surface area contributed by atoms with Gasteiger partial charge in [0.15, 0.2) is 0 Å². The Kier molecular flexibility index (Phi) is 10.4. The van der Waals surface area contributed by atoms with Gasteiger partial charge in [-0.1, -0.05) is 72.3 Å². The Morgan fingerprint density at radius 3 is 2.30 bits per heavy atom. The number of hydrogen-bond acceptors (Lipinski definition) is 5. The minimum atomic E-state index is -4.58. The molecule has 4 aromatic rings. The molecule has 6 nitrogen and oxygen atoms in total. The Labute approximate surface area is 272 Å². The summed E-state index contributed by atoms with van der Waals surface area (Å²) in [6.07, 6.45) is 2.99. The van der Waals surface area contributed by atoms with Crippen molar-refractivity contribution in [3.63, 3.8) is 0 Å². The highest BCUT2D eigenvalue weighted by Gasteiger charge is 2.50. The lowest BCUT2D eigenvalue weighted by molar-refractivity contribution is 0.0787. The average molecular weight is 663 g/mol. The molecule has 0 fully saturated rings. The first-order valence-corrected chi connectivity index (χ1v) is 16.6. The van der Waals surface area contributed by atoms with Crippen molar-refractivity contribution in [2.45, 2.75) is 28.9 Å². The van der Waals surface area contributed by atoms with Crippen LogP contribution in [0.15, 0.2) is 132 Å². The number of amides is 1. The second-order valence-corrected chi connectivity index (χ2v) is 13.4. The van der Waals surface area contributed by atoms with Crippen molar-refractivity contribution in [3.05, 3.63) is 143 Å². The summed E-state index contributed by atoms with van der Waals surface area (Å²) >= 11 is 5.88. The van der Waals surface area contributed by atoms with E-state index >= 15 is 4.39 Å². The van der Waals surface area contributed by atoms with Gasteiger partial charge in [0.25, 0.3) is 10.9 Å². The molecular weight excluding hydrogens is 630 g/mol. The summed E-state index contributed by atoms with van der Waals surface area (Å²) in [5.41, 5.74) is 3.32. The van der Waals surface area contributed by atoms with E-state index in [1.165, 1.54) is 24.3 Å². The molecule has 46 heavy (non-hydrogen) atoms. The highest BCUT2D eigenvalue weighted by atomic mass is 35.5. The molecule has 1 amide bonds. The van der Waals surface area contributed by atoms with Gasteiger partial charge in [0.2, 0.25) is 9.84 Å². The van der Waals surface area contributed by atoms with Crippen LogP contribution in [0.5, 0.6) is 5.75 Å². The quantitative estimate of drug-likeness (QED) is 0.158. The van der Waals surface area contributed by atoms with Crippen LogP contribution in [0, 0.1) is 0 Å². The molecule has 0 saturated carbocycles. The number of alkyl halides is 1. The highest BCUT2D eigenvalue weighted by molar-refractivity contribution is 7.93. The molecule has 1 aliphatic rings. The number of para-hydroxylation sites is 1. The molecule has 238 valence electrons. The van der Waals surface area contributed by atoms with Crippen LogP contribution in [-0.4, -0.2) is 50.5 Å². The third-order valence-corrected chi connectivity index (χ3v) is 10.1. The number of carbonyl (C=O) groups is 1. The topological polar surface area (TPSA) is 75.7 Å². The Balaban J connectivity index is 1.17. The summed E-state index contributed by atoms with van der Waals surface area (Å²) in [5.74, 6) is -0.358. The van der Waals surface area contributed by atoms with Gasteiger partial charge < -0.3 is 15.0 Å². The molecule has 1 N–H and O–H groups in total. The normalized spacial score (nSPS) is 17.7. The first kappa shape index (κ1) is 33.1. The molecule has 2 atom stereocenters. The van der Waals surface area contributed by atoms with Crippen LogP contribution in [0.4, 0.5) is 8.78 Å². The van der Waals surface area contributed by atoms with Gasteiger partial charge in [-0.15, -0.1) is 0 Å². The van der Waals surface area contributed by atoms with Gasteiger partial charge >= 0.3 is 0 Å². The van der Waals surface area contributed by atoms with E-state index in [0.29, 0.717) is 41.5 Å². The number of hydrogen-bond donors (Lipinski definition) is 1. The van der Waals surface area contributed by atoms with Crippen molar-refractivity contribution in [2.75, 3.05) is 20.2 Å². The second kappa shape index (κ2) is 14.4. The molecule has 0 saturated heterocycles. The number of sulfone groups is 1. The first-order chi connectivity index (χ1) is 22.1. The molecule has 2 unspecified atom stereocenters. The summed E-state index contributed by atoms with van der Waals surface area (Å²) in [4.78, 5) is 14.3. The van der Waals surface area contributed by atoms with Crippen LogP contribution in [0.25, 0.3) is 11.1 Å². The number of carbonyl (C=O) groups excluding carboxylic acids is 1. The third-order valence-electron chi connectivity index (χ3n) is 7.72. The van der Waals surface area contributed by atoms with Gasteiger partial charge in [-0.25, -0.2) is 17.2 Å². The lowest BCUT2D eigenvalue weighted by Crippen LogP contribution is -2.51. The average Bonchev–Trinajstić information content (AvgIpc) is 3.07. The van der Waals surface area contributed by atoms with E-state index in [1.54, 1.807) is 36.2 Å². The van der Waals surface area contributed by atoms with E-state index in [0.717, 1.165) is 29.4 Å². The van der Waals surface area contributed by atoms with E-state index in [9.17, 15) is 17.6 Å². The second-order valence-electron chi connectivity index (χ2n) is 10.9. The van der Waals surface area contributed by atoms with Crippen molar-refractivity contribution in [2.24, 2.45) is 0 Å². The number of rotatable bonds is 12. The maximum atomic E-state index is 16.3. The fourth-order valence-corrected chi connectivity index (χ4v) is 6.84. The fourth-order valence-electron chi connectivity index (χ4n) is 5.13. The van der Waals surface area contributed by atoms with Gasteiger partial charge in [-0.05, 0) is 78.2 Å². The lowest BCUT2D eigenvalue weighted by Gasteiger charge is -2.32. The zero-order valence-electron chi connectivity index (χ0n) is 25.1. The molecule has 0 aromatic heterocycles. The van der Waals surface area contributed by atoms with Crippen LogP contribution < -0.4 is 10.1 Å². The van der Waals surface area contributed by atoms with Gasteiger partial charge in [-0.2, -0.15) is 0 Å². The van der Waals surface area contributed by atoms with E-state index < -0.39 is 26.7 Å². The van der Waals surface area contributed by atoms with Crippen LogP contribution in [-0.2, 0) is 16.4 Å². The van der Waals surface area contributed by atoms with E-state index in [-0.39, 0.29) is 17.3 Å². The van der Waals surface area contributed by atoms with Crippen LogP contribution in [0.3, 0.4) is 0 Å². The summed E-state index contributed by atoms with van der Waals surface area (Å²) in [7, 11) is -2.85. The highest BCUT2D eigenvalue weighted by Crippen LogP contribution is 2.37. The summed E-state index contributed by atoms with van der Waals surface area (Å²) in [5, 5.41) is 0.210. The smallest absolute Gasteiger partial charge is 0.253 e. The molecule has 10 heteroatoms. The summed E-state index contributed by atoms with van der Waals surface area (Å²) < 4.78 is 63.3. The van der Waals surface area contributed by atoms with Crippen molar-refractivity contribution in [3.8, 4) is 16.9 Å². The number of halogens is 3. The van der Waals surface area contributed by atoms with Crippen molar-refractivity contribution in [1.29, 1.82) is 0 Å². The summed E-state index contributed by atoms with van der Waals surface area (Å²) in [6, 6.07) is 28.1. The molecule has 4 aromatic carbocycles. The Morgan fingerprint density at radius 1 is 0.935 bits per heavy atom. The Hall–Kier alpha value is -4.31. The first-order valence-electron chi connectivity index (χ1n) is 14.7. The van der Waals surface area contributed by atoms with Gasteiger partial charge in [0.1, 0.15) is 11.6 Å². The van der Waals surface area contributed by atoms with Crippen molar-refractivity contribution in [1.82, 2.24) is 10.2 Å². The minimum absolute atomic E-state index is 0.00235. The third kappa shape index (κ3) is 7.39. The number of nitrogens with zero attached hydrogens (tertiary/aromatic N) is 1. The molecule has 0 spiro atoms. The fraction of sp³-hybridized carbons (Fsp3) is 0.194. The number of allylic oxidation sites excluding steroid dienone is 2. The standard InChI is InChI=1S/C36H33ClF2N2O4S/c1-41(35(42)28-14-12-27(13-15-28)26-8-3-2-4-9-26)22-7-23-45-33-11-6-5-10-29(33)25-40-34-24-31(38)20-21-36(34,39)46(43,44)32-18-16-30(37)17-19-32/h2-6,8-21,24,34,40H,7,22-23,25H2,1H3. The molecule has 0 radical (unpaired) electrons.